The van der Waals surface area contributed by atoms with Crippen LogP contribution in [0.1, 0.15) is 16.2 Å². The van der Waals surface area contributed by atoms with Crippen LogP contribution in [0.3, 0.4) is 0 Å². The first-order valence-corrected chi connectivity index (χ1v) is 10.2. The number of rotatable bonds is 3. The summed E-state index contributed by atoms with van der Waals surface area (Å²) in [6, 6.07) is 9.12. The summed E-state index contributed by atoms with van der Waals surface area (Å²) in [5.74, 6) is 1.15. The second-order valence-corrected chi connectivity index (χ2v) is 7.76. The van der Waals surface area contributed by atoms with E-state index in [1.165, 1.54) is 11.3 Å². The van der Waals surface area contributed by atoms with E-state index in [1.54, 1.807) is 29.7 Å². The van der Waals surface area contributed by atoms with Crippen molar-refractivity contribution in [2.75, 3.05) is 18.5 Å². The van der Waals surface area contributed by atoms with Gasteiger partial charge in [-0.25, -0.2) is 9.97 Å². The standard InChI is InChI=1S/C20H15ClN4O3S/c1-11-18(25-5-4-13(21)9-17(25)22-11)19(26)24-20-23-14(10-29-20)12-2-3-15-16(8-12)28-7-6-27-15/h2-5,8-10H,6-7H2,1H3,(H,23,24,26). The van der Waals surface area contributed by atoms with Gasteiger partial charge in [0.25, 0.3) is 5.91 Å². The van der Waals surface area contributed by atoms with Gasteiger partial charge in [-0.2, -0.15) is 0 Å². The summed E-state index contributed by atoms with van der Waals surface area (Å²) in [5.41, 5.74) is 3.34. The van der Waals surface area contributed by atoms with E-state index in [0.29, 0.717) is 46.2 Å². The number of hydrogen-bond acceptors (Lipinski definition) is 6. The Kier molecular flexibility index (Phi) is 4.37. The summed E-state index contributed by atoms with van der Waals surface area (Å²) < 4.78 is 12.9. The van der Waals surface area contributed by atoms with Crippen LogP contribution in [0.25, 0.3) is 16.9 Å². The number of nitrogens with one attached hydrogen (secondary N) is 1. The lowest BCUT2D eigenvalue weighted by molar-refractivity contribution is 0.102. The molecule has 4 heterocycles. The van der Waals surface area contributed by atoms with Crippen LogP contribution in [0.4, 0.5) is 5.13 Å². The fourth-order valence-electron chi connectivity index (χ4n) is 3.23. The minimum atomic E-state index is -0.277. The van der Waals surface area contributed by atoms with Gasteiger partial charge >= 0.3 is 0 Å². The number of anilines is 1. The molecule has 0 radical (unpaired) electrons. The van der Waals surface area contributed by atoms with Crippen molar-refractivity contribution in [3.05, 3.63) is 58.3 Å². The molecule has 0 spiro atoms. The van der Waals surface area contributed by atoms with Crippen molar-refractivity contribution in [2.45, 2.75) is 6.92 Å². The van der Waals surface area contributed by atoms with E-state index >= 15 is 0 Å². The maximum atomic E-state index is 12.9. The topological polar surface area (TPSA) is 77.8 Å². The number of halogens is 1. The van der Waals surface area contributed by atoms with E-state index in [0.717, 1.165) is 17.0 Å². The fourth-order valence-corrected chi connectivity index (χ4v) is 4.10. The average molecular weight is 427 g/mol. The number of amides is 1. The van der Waals surface area contributed by atoms with Crippen LogP contribution < -0.4 is 14.8 Å². The highest BCUT2D eigenvalue weighted by atomic mass is 35.5. The number of nitrogens with zero attached hydrogens (tertiary/aromatic N) is 3. The fraction of sp³-hybridized carbons (Fsp3) is 0.150. The predicted molar refractivity (Wildman–Crippen MR) is 111 cm³/mol. The molecule has 0 bridgehead atoms. The SMILES string of the molecule is Cc1nc2cc(Cl)ccn2c1C(=O)Nc1nc(-c2ccc3c(c2)OCCO3)cs1. The monoisotopic (exact) mass is 426 g/mol. The highest BCUT2D eigenvalue weighted by Gasteiger charge is 2.19. The molecule has 1 aliphatic rings. The molecule has 0 atom stereocenters. The van der Waals surface area contributed by atoms with Crippen LogP contribution in [-0.4, -0.2) is 33.5 Å². The lowest BCUT2D eigenvalue weighted by atomic mass is 10.1. The van der Waals surface area contributed by atoms with Crippen LogP contribution in [0.2, 0.25) is 5.02 Å². The number of ether oxygens (including phenoxy) is 2. The number of pyridine rings is 1. The number of carbonyl (C=O) groups excluding carboxylic acids is 1. The molecule has 1 N–H and O–H groups in total. The van der Waals surface area contributed by atoms with Gasteiger partial charge in [-0.05, 0) is 31.2 Å². The first-order chi connectivity index (χ1) is 14.1. The summed E-state index contributed by atoms with van der Waals surface area (Å²) in [6.07, 6.45) is 1.73. The molecule has 0 aliphatic carbocycles. The summed E-state index contributed by atoms with van der Waals surface area (Å²) >= 11 is 7.37. The molecule has 9 heteroatoms. The minimum absolute atomic E-state index is 0.277. The summed E-state index contributed by atoms with van der Waals surface area (Å²) in [4.78, 5) is 21.8. The molecule has 0 saturated heterocycles. The predicted octanol–water partition coefficient (Wildman–Crippen LogP) is 4.44. The zero-order valence-electron chi connectivity index (χ0n) is 15.3. The average Bonchev–Trinajstić information content (AvgIpc) is 3.30. The van der Waals surface area contributed by atoms with E-state index < -0.39 is 0 Å². The van der Waals surface area contributed by atoms with Crippen molar-refractivity contribution < 1.29 is 14.3 Å². The Morgan fingerprint density at radius 3 is 2.86 bits per heavy atom. The van der Waals surface area contributed by atoms with Crippen molar-refractivity contribution in [1.29, 1.82) is 0 Å². The molecule has 146 valence electrons. The van der Waals surface area contributed by atoms with Gasteiger partial charge < -0.3 is 9.47 Å². The summed E-state index contributed by atoms with van der Waals surface area (Å²) in [7, 11) is 0. The van der Waals surface area contributed by atoms with Crippen LogP contribution >= 0.6 is 22.9 Å². The smallest absolute Gasteiger partial charge is 0.276 e. The molecule has 1 aromatic carbocycles. The molecule has 4 aromatic rings. The van der Waals surface area contributed by atoms with Crippen LogP contribution in [-0.2, 0) is 0 Å². The number of carbonyl (C=O) groups is 1. The number of aryl methyl sites for hydroxylation is 1. The quantitative estimate of drug-likeness (QED) is 0.524. The van der Waals surface area contributed by atoms with E-state index in [-0.39, 0.29) is 5.91 Å². The molecule has 5 rings (SSSR count). The van der Waals surface area contributed by atoms with Crippen LogP contribution in [0.15, 0.2) is 41.9 Å². The largest absolute Gasteiger partial charge is 0.486 e. The summed E-state index contributed by atoms with van der Waals surface area (Å²) in [5, 5.41) is 5.83. The molecule has 1 aliphatic heterocycles. The molecular formula is C20H15ClN4O3S. The molecule has 29 heavy (non-hydrogen) atoms. The third kappa shape index (κ3) is 3.30. The Balaban J connectivity index is 1.41. The van der Waals surface area contributed by atoms with Gasteiger partial charge in [0, 0.05) is 28.2 Å². The van der Waals surface area contributed by atoms with Gasteiger partial charge in [0.05, 0.1) is 11.4 Å². The highest BCUT2D eigenvalue weighted by molar-refractivity contribution is 7.14. The molecular weight excluding hydrogens is 412 g/mol. The number of imidazole rings is 1. The van der Waals surface area contributed by atoms with E-state index in [9.17, 15) is 4.79 Å². The lowest BCUT2D eigenvalue weighted by Crippen LogP contribution is -2.15. The van der Waals surface area contributed by atoms with Crippen molar-refractivity contribution in [1.82, 2.24) is 14.4 Å². The first kappa shape index (κ1) is 18.0. The Labute approximate surface area is 174 Å². The van der Waals surface area contributed by atoms with Gasteiger partial charge in [0.15, 0.2) is 16.6 Å². The van der Waals surface area contributed by atoms with Crippen LogP contribution in [0, 0.1) is 6.92 Å². The second-order valence-electron chi connectivity index (χ2n) is 6.47. The zero-order chi connectivity index (χ0) is 20.0. The van der Waals surface area contributed by atoms with E-state index in [1.807, 2.05) is 23.6 Å². The number of hydrogen-bond donors (Lipinski definition) is 1. The molecule has 0 fully saturated rings. The van der Waals surface area contributed by atoms with Gasteiger partial charge in [0.1, 0.15) is 24.6 Å². The first-order valence-electron chi connectivity index (χ1n) is 8.89. The number of benzene rings is 1. The molecule has 3 aromatic heterocycles. The number of fused-ring (bicyclic) bond motifs is 2. The van der Waals surface area contributed by atoms with E-state index in [2.05, 4.69) is 15.3 Å². The lowest BCUT2D eigenvalue weighted by Gasteiger charge is -2.18. The van der Waals surface area contributed by atoms with Crippen molar-refractivity contribution in [3.63, 3.8) is 0 Å². The van der Waals surface area contributed by atoms with Gasteiger partial charge in [-0.3, -0.25) is 14.5 Å². The van der Waals surface area contributed by atoms with Gasteiger partial charge in [0.2, 0.25) is 0 Å². The Morgan fingerprint density at radius 1 is 1.17 bits per heavy atom. The molecule has 0 unspecified atom stereocenters. The molecule has 1 amide bonds. The number of aromatic nitrogens is 3. The highest BCUT2D eigenvalue weighted by Crippen LogP contribution is 2.35. The van der Waals surface area contributed by atoms with Gasteiger partial charge in [-0.1, -0.05) is 11.6 Å². The van der Waals surface area contributed by atoms with E-state index in [4.69, 9.17) is 21.1 Å². The van der Waals surface area contributed by atoms with Gasteiger partial charge in [-0.15, -0.1) is 11.3 Å². The Hall–Kier alpha value is -3.10. The minimum Gasteiger partial charge on any atom is -0.486 e. The Bertz CT molecular complexity index is 1250. The molecule has 7 nitrogen and oxygen atoms in total. The zero-order valence-corrected chi connectivity index (χ0v) is 16.9. The normalized spacial score (nSPS) is 12.9. The molecule has 0 saturated carbocycles. The summed E-state index contributed by atoms with van der Waals surface area (Å²) in [6.45, 7) is 2.87. The van der Waals surface area contributed by atoms with Crippen LogP contribution in [0.5, 0.6) is 11.5 Å². The maximum Gasteiger partial charge on any atom is 0.276 e. The number of thiazole rings is 1. The Morgan fingerprint density at radius 2 is 2.00 bits per heavy atom. The van der Waals surface area contributed by atoms with Crippen molar-refractivity contribution >= 4 is 39.6 Å². The second kappa shape index (κ2) is 7.06. The maximum absolute atomic E-state index is 12.9. The van der Waals surface area contributed by atoms with Crippen molar-refractivity contribution in [2.24, 2.45) is 0 Å². The third-order valence-electron chi connectivity index (χ3n) is 4.54. The van der Waals surface area contributed by atoms with Crippen molar-refractivity contribution in [3.8, 4) is 22.8 Å². The third-order valence-corrected chi connectivity index (χ3v) is 5.53.